The van der Waals surface area contributed by atoms with Gasteiger partial charge in [0, 0.05) is 11.3 Å². The van der Waals surface area contributed by atoms with E-state index in [0.717, 1.165) is 11.3 Å². The highest BCUT2D eigenvalue weighted by Crippen LogP contribution is 2.29. The third-order valence-electron chi connectivity index (χ3n) is 3.11. The maximum atomic E-state index is 12.2. The molecule has 0 aliphatic heterocycles. The van der Waals surface area contributed by atoms with Crippen molar-refractivity contribution >= 4 is 40.5 Å². The summed E-state index contributed by atoms with van der Waals surface area (Å²) in [6, 6.07) is 8.71. The number of hydrogen-bond donors (Lipinski definition) is 2. The van der Waals surface area contributed by atoms with Crippen molar-refractivity contribution in [3.05, 3.63) is 57.1 Å². The smallest absolute Gasteiger partial charge is 0.255 e. The number of carbonyl (C=O) groups is 1. The molecule has 0 unspecified atom stereocenters. The molecular formula is C15H14Cl2N2O. The van der Waals surface area contributed by atoms with E-state index in [4.69, 9.17) is 28.9 Å². The van der Waals surface area contributed by atoms with Gasteiger partial charge in [0.2, 0.25) is 0 Å². The molecule has 1 amide bonds. The van der Waals surface area contributed by atoms with Gasteiger partial charge in [0.15, 0.2) is 0 Å². The summed E-state index contributed by atoms with van der Waals surface area (Å²) in [7, 11) is 0. The molecule has 0 aromatic heterocycles. The normalized spacial score (nSPS) is 10.4. The van der Waals surface area contributed by atoms with Gasteiger partial charge in [-0.25, -0.2) is 0 Å². The largest absolute Gasteiger partial charge is 0.396 e. The molecule has 3 N–H and O–H groups in total. The van der Waals surface area contributed by atoms with Crippen LogP contribution in [-0.4, -0.2) is 5.91 Å². The Bertz CT molecular complexity index is 661. The quantitative estimate of drug-likeness (QED) is 0.806. The van der Waals surface area contributed by atoms with Gasteiger partial charge in [-0.3, -0.25) is 4.79 Å². The molecule has 104 valence electrons. The molecule has 0 aliphatic carbocycles. The van der Waals surface area contributed by atoms with E-state index in [2.05, 4.69) is 5.32 Å². The number of aryl methyl sites for hydroxylation is 2. The molecule has 20 heavy (non-hydrogen) atoms. The highest BCUT2D eigenvalue weighted by Gasteiger charge is 2.11. The lowest BCUT2D eigenvalue weighted by Crippen LogP contribution is -2.12. The van der Waals surface area contributed by atoms with Gasteiger partial charge >= 0.3 is 0 Å². The number of anilines is 2. The summed E-state index contributed by atoms with van der Waals surface area (Å²) in [4.78, 5) is 12.2. The first-order valence-corrected chi connectivity index (χ1v) is 6.77. The van der Waals surface area contributed by atoms with Gasteiger partial charge in [-0.1, -0.05) is 29.3 Å². The Morgan fingerprint density at radius 2 is 1.65 bits per heavy atom. The number of nitrogens with one attached hydrogen (secondary N) is 1. The zero-order valence-corrected chi connectivity index (χ0v) is 12.6. The first-order valence-electron chi connectivity index (χ1n) is 6.01. The van der Waals surface area contributed by atoms with E-state index in [-0.39, 0.29) is 21.6 Å². The lowest BCUT2D eigenvalue weighted by Gasteiger charge is -2.09. The molecule has 0 bridgehead atoms. The summed E-state index contributed by atoms with van der Waals surface area (Å²) < 4.78 is 0. The Morgan fingerprint density at radius 3 is 2.20 bits per heavy atom. The Kier molecular flexibility index (Phi) is 4.21. The number of nitrogens with two attached hydrogens (primary N) is 1. The Morgan fingerprint density at radius 1 is 1.05 bits per heavy atom. The second-order valence-corrected chi connectivity index (χ2v) is 5.42. The average Bonchev–Trinajstić information content (AvgIpc) is 2.39. The van der Waals surface area contributed by atoms with Crippen molar-refractivity contribution in [1.82, 2.24) is 0 Å². The average molecular weight is 309 g/mol. The van der Waals surface area contributed by atoms with Crippen molar-refractivity contribution in [2.75, 3.05) is 11.1 Å². The lowest BCUT2D eigenvalue weighted by atomic mass is 10.1. The topological polar surface area (TPSA) is 55.1 Å². The van der Waals surface area contributed by atoms with Crippen LogP contribution >= 0.6 is 23.2 Å². The van der Waals surface area contributed by atoms with Crippen LogP contribution in [0, 0.1) is 13.8 Å². The van der Waals surface area contributed by atoms with Crippen molar-refractivity contribution in [1.29, 1.82) is 0 Å². The molecule has 0 aliphatic rings. The van der Waals surface area contributed by atoms with Crippen molar-refractivity contribution in [3.63, 3.8) is 0 Å². The molecule has 0 radical (unpaired) electrons. The van der Waals surface area contributed by atoms with Crippen LogP contribution in [0.3, 0.4) is 0 Å². The van der Waals surface area contributed by atoms with Gasteiger partial charge in [-0.2, -0.15) is 0 Å². The number of hydrogen-bond acceptors (Lipinski definition) is 2. The predicted octanol–water partition coefficient (Wildman–Crippen LogP) is 4.44. The van der Waals surface area contributed by atoms with Crippen molar-refractivity contribution in [2.45, 2.75) is 13.8 Å². The molecule has 2 aromatic carbocycles. The molecule has 0 heterocycles. The molecule has 0 spiro atoms. The predicted molar refractivity (Wildman–Crippen MR) is 84.7 cm³/mol. The first-order chi connectivity index (χ1) is 9.38. The molecular weight excluding hydrogens is 295 g/mol. The summed E-state index contributed by atoms with van der Waals surface area (Å²) in [6.45, 7) is 4.00. The van der Waals surface area contributed by atoms with E-state index in [0.29, 0.717) is 5.56 Å². The highest BCUT2D eigenvalue weighted by molar-refractivity contribution is 6.39. The number of carbonyl (C=O) groups excluding carboxylic acids is 1. The van der Waals surface area contributed by atoms with E-state index in [1.807, 2.05) is 32.0 Å². The number of rotatable bonds is 2. The van der Waals surface area contributed by atoms with Crippen LogP contribution in [0.15, 0.2) is 30.3 Å². The molecule has 3 nitrogen and oxygen atoms in total. The molecule has 0 atom stereocenters. The van der Waals surface area contributed by atoms with E-state index in [1.165, 1.54) is 17.7 Å². The Balaban J connectivity index is 2.26. The Hall–Kier alpha value is -1.71. The summed E-state index contributed by atoms with van der Waals surface area (Å²) in [5.74, 6) is -0.281. The fraction of sp³-hybridized carbons (Fsp3) is 0.133. The summed E-state index contributed by atoms with van der Waals surface area (Å²) >= 11 is 11.8. The fourth-order valence-electron chi connectivity index (χ4n) is 1.74. The minimum absolute atomic E-state index is 0.266. The van der Waals surface area contributed by atoms with Crippen molar-refractivity contribution in [2.24, 2.45) is 0 Å². The third kappa shape index (κ3) is 3.06. The molecule has 0 saturated carbocycles. The number of halogens is 2. The van der Waals surface area contributed by atoms with Gasteiger partial charge in [0.1, 0.15) is 0 Å². The highest BCUT2D eigenvalue weighted by atomic mass is 35.5. The summed E-state index contributed by atoms with van der Waals surface area (Å²) in [5.41, 5.74) is 9.29. The van der Waals surface area contributed by atoms with Gasteiger partial charge in [-0.15, -0.1) is 0 Å². The number of amides is 1. The van der Waals surface area contributed by atoms with Crippen LogP contribution in [0.4, 0.5) is 11.4 Å². The van der Waals surface area contributed by atoms with E-state index < -0.39 is 0 Å². The minimum Gasteiger partial charge on any atom is -0.396 e. The van der Waals surface area contributed by atoms with Gasteiger partial charge in [0.05, 0.1) is 15.7 Å². The standard InChI is InChI=1S/C15H14Cl2N2O/c1-8-3-4-11(5-9(8)2)19-15(20)10-6-12(16)14(18)13(17)7-10/h3-7H,18H2,1-2H3,(H,19,20). The van der Waals surface area contributed by atoms with Crippen LogP contribution in [0.5, 0.6) is 0 Å². The van der Waals surface area contributed by atoms with E-state index in [1.54, 1.807) is 0 Å². The van der Waals surface area contributed by atoms with Crippen LogP contribution < -0.4 is 11.1 Å². The second-order valence-electron chi connectivity index (χ2n) is 4.61. The van der Waals surface area contributed by atoms with Crippen LogP contribution in [0.1, 0.15) is 21.5 Å². The summed E-state index contributed by atoms with van der Waals surface area (Å²) in [5, 5.41) is 3.34. The fourth-order valence-corrected chi connectivity index (χ4v) is 2.22. The number of benzene rings is 2. The van der Waals surface area contributed by atoms with Gasteiger partial charge < -0.3 is 11.1 Å². The SMILES string of the molecule is Cc1ccc(NC(=O)c2cc(Cl)c(N)c(Cl)c2)cc1C. The van der Waals surface area contributed by atoms with Crippen molar-refractivity contribution in [3.8, 4) is 0 Å². The minimum atomic E-state index is -0.281. The van der Waals surface area contributed by atoms with Gasteiger partial charge in [-0.05, 0) is 49.2 Å². The van der Waals surface area contributed by atoms with Crippen LogP contribution in [0.25, 0.3) is 0 Å². The van der Waals surface area contributed by atoms with Crippen LogP contribution in [-0.2, 0) is 0 Å². The molecule has 2 rings (SSSR count). The molecule has 5 heteroatoms. The lowest BCUT2D eigenvalue weighted by molar-refractivity contribution is 0.102. The second kappa shape index (κ2) is 5.73. The first kappa shape index (κ1) is 14.7. The Labute approximate surface area is 127 Å². The summed E-state index contributed by atoms with van der Waals surface area (Å²) in [6.07, 6.45) is 0. The molecule has 0 saturated heterocycles. The van der Waals surface area contributed by atoms with Gasteiger partial charge in [0.25, 0.3) is 5.91 Å². The molecule has 2 aromatic rings. The third-order valence-corrected chi connectivity index (χ3v) is 3.73. The zero-order valence-electron chi connectivity index (χ0n) is 11.1. The van der Waals surface area contributed by atoms with Crippen molar-refractivity contribution < 1.29 is 4.79 Å². The maximum absolute atomic E-state index is 12.2. The number of nitrogen functional groups attached to an aromatic ring is 1. The molecule has 0 fully saturated rings. The van der Waals surface area contributed by atoms with E-state index >= 15 is 0 Å². The zero-order chi connectivity index (χ0) is 14.9. The maximum Gasteiger partial charge on any atom is 0.255 e. The monoisotopic (exact) mass is 308 g/mol. The van der Waals surface area contributed by atoms with Crippen LogP contribution in [0.2, 0.25) is 10.0 Å². The van der Waals surface area contributed by atoms with E-state index in [9.17, 15) is 4.79 Å².